The van der Waals surface area contributed by atoms with Crippen LogP contribution in [0.1, 0.15) is 71.1 Å². The molecule has 0 aromatic rings. The quantitative estimate of drug-likeness (QED) is 0.231. The number of carbonyl (C=O) groups excluding carboxylic acids is 2. The van der Waals surface area contributed by atoms with Gasteiger partial charge in [-0.1, -0.05) is 58.3 Å². The van der Waals surface area contributed by atoms with E-state index in [0.717, 1.165) is 12.8 Å². The van der Waals surface area contributed by atoms with Gasteiger partial charge in [-0.05, 0) is 6.42 Å². The van der Waals surface area contributed by atoms with Crippen molar-refractivity contribution in [1.82, 2.24) is 10.2 Å². The molecule has 27 heavy (non-hydrogen) atoms. The lowest BCUT2D eigenvalue weighted by Gasteiger charge is -2.20. The summed E-state index contributed by atoms with van der Waals surface area (Å²) in [4.78, 5) is 25.1. The summed E-state index contributed by atoms with van der Waals surface area (Å²) < 4.78 is 4.81. The van der Waals surface area contributed by atoms with E-state index in [0.29, 0.717) is 26.1 Å². The normalized spacial score (nSPS) is 11.0. The number of aliphatic hydroxyl groups excluding tert-OH is 2. The van der Waals surface area contributed by atoms with Crippen molar-refractivity contribution in [3.63, 3.8) is 0 Å². The van der Waals surface area contributed by atoms with Gasteiger partial charge in [0.1, 0.15) is 6.61 Å². The largest absolute Gasteiger partial charge is 0.462 e. The van der Waals surface area contributed by atoms with Crippen molar-refractivity contribution in [2.24, 2.45) is 0 Å². The SMILES string of the molecule is CCCCCCCCCCCC(=O)NCCN(CCO)CC(=O)OCCO. The number of unbranched alkanes of at least 4 members (excludes halogenated alkanes) is 8. The number of ether oxygens (including phenoxy) is 1. The van der Waals surface area contributed by atoms with Gasteiger partial charge in [-0.15, -0.1) is 0 Å². The number of hydrogen-bond donors (Lipinski definition) is 3. The highest BCUT2D eigenvalue weighted by Gasteiger charge is 2.11. The van der Waals surface area contributed by atoms with Crippen LogP contribution in [-0.4, -0.2) is 73.0 Å². The van der Waals surface area contributed by atoms with E-state index in [1.165, 1.54) is 44.9 Å². The van der Waals surface area contributed by atoms with Crippen molar-refractivity contribution in [3.05, 3.63) is 0 Å². The molecule has 0 aliphatic carbocycles. The molecule has 160 valence electrons. The molecule has 0 aromatic heterocycles. The fourth-order valence-corrected chi connectivity index (χ4v) is 2.84. The molecule has 0 atom stereocenters. The molecule has 0 aliphatic heterocycles. The summed E-state index contributed by atoms with van der Waals surface area (Å²) in [5, 5.41) is 20.6. The van der Waals surface area contributed by atoms with E-state index in [4.69, 9.17) is 14.9 Å². The van der Waals surface area contributed by atoms with Crippen molar-refractivity contribution < 1.29 is 24.5 Å². The molecule has 7 nitrogen and oxygen atoms in total. The molecule has 1 amide bonds. The first-order chi connectivity index (χ1) is 13.1. The van der Waals surface area contributed by atoms with Gasteiger partial charge in [-0.2, -0.15) is 0 Å². The van der Waals surface area contributed by atoms with E-state index < -0.39 is 5.97 Å². The first-order valence-electron chi connectivity index (χ1n) is 10.5. The Labute approximate surface area is 164 Å². The average molecular weight is 389 g/mol. The van der Waals surface area contributed by atoms with Crippen LogP contribution in [0.5, 0.6) is 0 Å². The average Bonchev–Trinajstić information content (AvgIpc) is 2.65. The minimum absolute atomic E-state index is 0.0265. The van der Waals surface area contributed by atoms with E-state index in [2.05, 4.69) is 12.2 Å². The molecule has 3 N–H and O–H groups in total. The number of nitrogens with one attached hydrogen (secondary N) is 1. The maximum Gasteiger partial charge on any atom is 0.320 e. The summed E-state index contributed by atoms with van der Waals surface area (Å²) in [5.74, 6) is -0.414. The summed E-state index contributed by atoms with van der Waals surface area (Å²) in [5.41, 5.74) is 0. The second kappa shape index (κ2) is 19.6. The third kappa shape index (κ3) is 18.0. The number of hydrogen-bond acceptors (Lipinski definition) is 6. The van der Waals surface area contributed by atoms with Gasteiger partial charge in [0.25, 0.3) is 0 Å². The second-order valence-electron chi connectivity index (χ2n) is 6.87. The Morgan fingerprint density at radius 1 is 0.889 bits per heavy atom. The third-order valence-corrected chi connectivity index (χ3v) is 4.38. The van der Waals surface area contributed by atoms with Gasteiger partial charge >= 0.3 is 5.97 Å². The standard InChI is InChI=1S/C20H40N2O5/c1-2-3-4-5-6-7-8-9-10-11-19(25)21-12-13-22(14-15-23)18-20(26)27-17-16-24/h23-24H,2-18H2,1H3,(H,21,25). The fourth-order valence-electron chi connectivity index (χ4n) is 2.84. The monoisotopic (exact) mass is 388 g/mol. The molecule has 0 aliphatic rings. The molecule has 0 saturated heterocycles. The number of aliphatic hydroxyl groups is 2. The van der Waals surface area contributed by atoms with Crippen molar-refractivity contribution in [3.8, 4) is 0 Å². The van der Waals surface area contributed by atoms with Gasteiger partial charge < -0.3 is 20.3 Å². The van der Waals surface area contributed by atoms with Crippen LogP contribution in [0.15, 0.2) is 0 Å². The van der Waals surface area contributed by atoms with Gasteiger partial charge in [0, 0.05) is 26.1 Å². The van der Waals surface area contributed by atoms with Crippen LogP contribution in [-0.2, 0) is 14.3 Å². The summed E-state index contributed by atoms with van der Waals surface area (Å²) in [7, 11) is 0. The third-order valence-electron chi connectivity index (χ3n) is 4.38. The number of rotatable bonds is 19. The van der Waals surface area contributed by atoms with E-state index in [1.807, 2.05) is 0 Å². The van der Waals surface area contributed by atoms with Crippen LogP contribution < -0.4 is 5.32 Å². The van der Waals surface area contributed by atoms with E-state index >= 15 is 0 Å². The van der Waals surface area contributed by atoms with Crippen LogP contribution in [0.3, 0.4) is 0 Å². The Kier molecular flexibility index (Phi) is 18.7. The minimum Gasteiger partial charge on any atom is -0.462 e. The molecular weight excluding hydrogens is 348 g/mol. The Bertz CT molecular complexity index is 366. The molecule has 0 unspecified atom stereocenters. The fraction of sp³-hybridized carbons (Fsp3) is 0.900. The lowest BCUT2D eigenvalue weighted by atomic mass is 10.1. The molecule has 0 bridgehead atoms. The number of esters is 1. The highest BCUT2D eigenvalue weighted by Crippen LogP contribution is 2.10. The Morgan fingerprint density at radius 3 is 2.11 bits per heavy atom. The molecular formula is C20H40N2O5. The minimum atomic E-state index is -0.446. The lowest BCUT2D eigenvalue weighted by molar-refractivity contribution is -0.146. The number of carbonyl (C=O) groups is 2. The van der Waals surface area contributed by atoms with Crippen molar-refractivity contribution in [2.45, 2.75) is 71.1 Å². The molecule has 0 rings (SSSR count). The molecule has 7 heteroatoms. The zero-order valence-corrected chi connectivity index (χ0v) is 17.1. The molecule has 0 aromatic carbocycles. The summed E-state index contributed by atoms with van der Waals surface area (Å²) in [6, 6.07) is 0. The van der Waals surface area contributed by atoms with Gasteiger partial charge in [-0.25, -0.2) is 0 Å². The Morgan fingerprint density at radius 2 is 1.52 bits per heavy atom. The van der Waals surface area contributed by atoms with Crippen LogP contribution >= 0.6 is 0 Å². The van der Waals surface area contributed by atoms with Crippen molar-refractivity contribution in [1.29, 1.82) is 0 Å². The maximum atomic E-state index is 11.9. The zero-order chi connectivity index (χ0) is 20.2. The zero-order valence-electron chi connectivity index (χ0n) is 17.1. The summed E-state index contributed by atoms with van der Waals surface area (Å²) in [6.45, 7) is 3.20. The van der Waals surface area contributed by atoms with Crippen LogP contribution in [0, 0.1) is 0 Å². The Hall–Kier alpha value is -1.18. The highest BCUT2D eigenvalue weighted by molar-refractivity contribution is 5.75. The van der Waals surface area contributed by atoms with Gasteiger partial charge in [0.05, 0.1) is 19.8 Å². The number of amides is 1. The van der Waals surface area contributed by atoms with Crippen LogP contribution in [0.25, 0.3) is 0 Å². The van der Waals surface area contributed by atoms with Gasteiger partial charge in [0.2, 0.25) is 5.91 Å². The molecule has 0 fully saturated rings. The van der Waals surface area contributed by atoms with Crippen molar-refractivity contribution >= 4 is 11.9 Å². The summed E-state index contributed by atoms with van der Waals surface area (Å²) >= 11 is 0. The van der Waals surface area contributed by atoms with Crippen LogP contribution in [0.2, 0.25) is 0 Å². The van der Waals surface area contributed by atoms with Gasteiger partial charge in [0.15, 0.2) is 0 Å². The highest BCUT2D eigenvalue weighted by atomic mass is 16.5. The second-order valence-corrected chi connectivity index (χ2v) is 6.87. The molecule has 0 saturated carbocycles. The molecule has 0 radical (unpaired) electrons. The smallest absolute Gasteiger partial charge is 0.320 e. The van der Waals surface area contributed by atoms with E-state index in [-0.39, 0.29) is 32.3 Å². The maximum absolute atomic E-state index is 11.9. The van der Waals surface area contributed by atoms with E-state index in [9.17, 15) is 9.59 Å². The first-order valence-corrected chi connectivity index (χ1v) is 10.5. The van der Waals surface area contributed by atoms with Crippen LogP contribution in [0.4, 0.5) is 0 Å². The molecule has 0 heterocycles. The summed E-state index contributed by atoms with van der Waals surface area (Å²) in [6.07, 6.45) is 11.6. The van der Waals surface area contributed by atoms with E-state index in [1.54, 1.807) is 4.90 Å². The Balaban J connectivity index is 3.66. The topological polar surface area (TPSA) is 99.1 Å². The predicted octanol–water partition coefficient (Wildman–Crippen LogP) is 1.85. The predicted molar refractivity (Wildman–Crippen MR) is 106 cm³/mol. The molecule has 0 spiro atoms. The first kappa shape index (κ1) is 25.8. The number of nitrogens with zero attached hydrogens (tertiary/aromatic N) is 1. The van der Waals surface area contributed by atoms with Gasteiger partial charge in [-0.3, -0.25) is 14.5 Å². The van der Waals surface area contributed by atoms with Crippen molar-refractivity contribution in [2.75, 3.05) is 46.0 Å². The lowest BCUT2D eigenvalue weighted by Crippen LogP contribution is -2.39.